The van der Waals surface area contributed by atoms with Gasteiger partial charge in [0.2, 0.25) is 17.7 Å². The maximum Gasteiger partial charge on any atom is 0.269 e. The van der Waals surface area contributed by atoms with Crippen molar-refractivity contribution in [3.63, 3.8) is 0 Å². The zero-order chi connectivity index (χ0) is 21.3. The molecule has 162 valence electrons. The van der Waals surface area contributed by atoms with Crippen LogP contribution in [-0.2, 0) is 16.1 Å². The van der Waals surface area contributed by atoms with Crippen LogP contribution in [0.3, 0.4) is 0 Å². The van der Waals surface area contributed by atoms with E-state index in [-0.39, 0.29) is 17.5 Å². The molecule has 1 aromatic carbocycles. The average Bonchev–Trinajstić information content (AvgIpc) is 3.22. The lowest BCUT2D eigenvalue weighted by molar-refractivity contribution is -0.384. The van der Waals surface area contributed by atoms with Gasteiger partial charge in [0.25, 0.3) is 5.69 Å². The van der Waals surface area contributed by atoms with Crippen LogP contribution in [0.5, 0.6) is 0 Å². The largest absolute Gasteiger partial charge is 0.419 e. The highest BCUT2D eigenvalue weighted by Gasteiger charge is 2.25. The Morgan fingerprint density at radius 1 is 1.30 bits per heavy atom. The van der Waals surface area contributed by atoms with Crippen molar-refractivity contribution in [3.8, 4) is 11.5 Å². The van der Waals surface area contributed by atoms with Crippen molar-refractivity contribution in [1.82, 2.24) is 20.4 Å². The summed E-state index contributed by atoms with van der Waals surface area (Å²) in [5.41, 5.74) is 0.652. The van der Waals surface area contributed by atoms with Crippen molar-refractivity contribution in [3.05, 3.63) is 40.3 Å². The van der Waals surface area contributed by atoms with Crippen molar-refractivity contribution in [2.24, 2.45) is 5.92 Å². The van der Waals surface area contributed by atoms with Crippen LogP contribution < -0.4 is 5.32 Å². The molecule has 1 aromatic heterocycles. The SMILES string of the molecule is CCOCCCNC(=O)C1CCN(Cc2nnc(-c3ccc([N+](=O)[O-])cc3)o2)CC1. The van der Waals surface area contributed by atoms with E-state index >= 15 is 0 Å². The van der Waals surface area contributed by atoms with Gasteiger partial charge in [-0.15, -0.1) is 10.2 Å². The van der Waals surface area contributed by atoms with Gasteiger partial charge >= 0.3 is 0 Å². The number of nitrogens with zero attached hydrogens (tertiary/aromatic N) is 4. The number of piperidine rings is 1. The number of carbonyl (C=O) groups is 1. The van der Waals surface area contributed by atoms with Gasteiger partial charge in [-0.05, 0) is 51.4 Å². The third-order valence-electron chi connectivity index (χ3n) is 5.08. The van der Waals surface area contributed by atoms with Crippen LogP contribution in [0.15, 0.2) is 28.7 Å². The Morgan fingerprint density at radius 2 is 2.03 bits per heavy atom. The summed E-state index contributed by atoms with van der Waals surface area (Å²) in [6, 6.07) is 6.00. The minimum Gasteiger partial charge on any atom is -0.419 e. The predicted molar refractivity (Wildman–Crippen MR) is 109 cm³/mol. The first-order chi connectivity index (χ1) is 14.6. The lowest BCUT2D eigenvalue weighted by atomic mass is 9.96. The molecule has 1 saturated heterocycles. The Hall–Kier alpha value is -2.85. The molecule has 1 amide bonds. The number of ether oxygens (including phenoxy) is 1. The Labute approximate surface area is 174 Å². The third kappa shape index (κ3) is 6.07. The molecule has 3 rings (SSSR count). The number of nitrogens with one attached hydrogen (secondary N) is 1. The predicted octanol–water partition coefficient (Wildman–Crippen LogP) is 2.40. The lowest BCUT2D eigenvalue weighted by Gasteiger charge is -2.30. The Balaban J connectivity index is 1.43. The summed E-state index contributed by atoms with van der Waals surface area (Å²) in [5, 5.41) is 21.9. The Morgan fingerprint density at radius 3 is 2.70 bits per heavy atom. The smallest absolute Gasteiger partial charge is 0.269 e. The number of hydrogen-bond donors (Lipinski definition) is 1. The Bertz CT molecular complexity index is 830. The molecule has 0 bridgehead atoms. The van der Waals surface area contributed by atoms with Crippen molar-refractivity contribution in [2.75, 3.05) is 32.8 Å². The van der Waals surface area contributed by atoms with E-state index < -0.39 is 4.92 Å². The van der Waals surface area contributed by atoms with E-state index in [2.05, 4.69) is 20.4 Å². The zero-order valence-corrected chi connectivity index (χ0v) is 17.1. The molecule has 0 radical (unpaired) electrons. The van der Waals surface area contributed by atoms with Crippen molar-refractivity contribution in [1.29, 1.82) is 0 Å². The van der Waals surface area contributed by atoms with Crippen LogP contribution >= 0.6 is 0 Å². The topological polar surface area (TPSA) is 124 Å². The summed E-state index contributed by atoms with van der Waals surface area (Å²) >= 11 is 0. The second-order valence-corrected chi connectivity index (χ2v) is 7.20. The molecule has 0 aliphatic carbocycles. The lowest BCUT2D eigenvalue weighted by Crippen LogP contribution is -2.40. The number of rotatable bonds is 10. The number of benzene rings is 1. The fourth-order valence-corrected chi connectivity index (χ4v) is 3.38. The quantitative estimate of drug-likeness (QED) is 0.355. The van der Waals surface area contributed by atoms with Crippen LogP contribution in [0.2, 0.25) is 0 Å². The van der Waals surface area contributed by atoms with E-state index in [0.717, 1.165) is 32.4 Å². The van der Waals surface area contributed by atoms with Gasteiger partial charge in [0.15, 0.2) is 0 Å². The van der Waals surface area contributed by atoms with Gasteiger partial charge in [-0.1, -0.05) is 0 Å². The number of nitro benzene ring substituents is 1. The van der Waals surface area contributed by atoms with Gasteiger partial charge in [-0.25, -0.2) is 0 Å². The van der Waals surface area contributed by atoms with Gasteiger partial charge in [0.05, 0.1) is 11.5 Å². The van der Waals surface area contributed by atoms with E-state index in [1.165, 1.54) is 12.1 Å². The van der Waals surface area contributed by atoms with Gasteiger partial charge < -0.3 is 14.5 Å². The van der Waals surface area contributed by atoms with E-state index in [1.807, 2.05) is 6.92 Å². The summed E-state index contributed by atoms with van der Waals surface area (Å²) in [7, 11) is 0. The van der Waals surface area contributed by atoms with Crippen LogP contribution in [0.25, 0.3) is 11.5 Å². The molecule has 2 heterocycles. The first-order valence-electron chi connectivity index (χ1n) is 10.2. The number of aromatic nitrogens is 2. The minimum absolute atomic E-state index is 0.0136. The minimum atomic E-state index is -0.451. The van der Waals surface area contributed by atoms with Crippen LogP contribution in [0, 0.1) is 16.0 Å². The molecule has 0 atom stereocenters. The molecule has 1 aliphatic heterocycles. The van der Waals surface area contributed by atoms with Gasteiger partial charge in [0, 0.05) is 43.4 Å². The summed E-state index contributed by atoms with van der Waals surface area (Å²) in [4.78, 5) is 24.8. The Kier molecular flexibility index (Phi) is 7.86. The monoisotopic (exact) mass is 417 g/mol. The van der Waals surface area contributed by atoms with Crippen LogP contribution in [0.1, 0.15) is 32.1 Å². The molecule has 0 saturated carbocycles. The average molecular weight is 417 g/mol. The van der Waals surface area contributed by atoms with E-state index in [1.54, 1.807) is 12.1 Å². The number of amides is 1. The van der Waals surface area contributed by atoms with E-state index in [0.29, 0.717) is 43.6 Å². The molecule has 1 aliphatic rings. The molecule has 0 unspecified atom stereocenters. The number of nitro groups is 1. The van der Waals surface area contributed by atoms with Gasteiger partial charge in [0.1, 0.15) is 0 Å². The zero-order valence-electron chi connectivity index (χ0n) is 17.1. The van der Waals surface area contributed by atoms with Crippen molar-refractivity contribution in [2.45, 2.75) is 32.7 Å². The first kappa shape index (κ1) is 21.8. The maximum atomic E-state index is 12.3. The van der Waals surface area contributed by atoms with E-state index in [4.69, 9.17) is 9.15 Å². The summed E-state index contributed by atoms with van der Waals surface area (Å²) < 4.78 is 11.0. The van der Waals surface area contributed by atoms with Crippen LogP contribution in [0.4, 0.5) is 5.69 Å². The number of likely N-dealkylation sites (tertiary alicyclic amines) is 1. The summed E-state index contributed by atoms with van der Waals surface area (Å²) in [5.74, 6) is 0.972. The molecule has 0 spiro atoms. The molecule has 10 nitrogen and oxygen atoms in total. The highest BCUT2D eigenvalue weighted by atomic mass is 16.6. The molecular formula is C20H27N5O5. The number of hydrogen-bond acceptors (Lipinski definition) is 8. The number of non-ortho nitro benzene ring substituents is 1. The fourth-order valence-electron chi connectivity index (χ4n) is 3.38. The standard InChI is InChI=1S/C20H27N5O5/c1-2-29-13-3-10-21-19(26)15-8-11-24(12-9-15)14-18-22-23-20(30-18)16-4-6-17(7-5-16)25(27)28/h4-7,15H,2-3,8-14H2,1H3,(H,21,26). The molecule has 2 aromatic rings. The number of carbonyl (C=O) groups excluding carboxylic acids is 1. The fraction of sp³-hybridized carbons (Fsp3) is 0.550. The second-order valence-electron chi connectivity index (χ2n) is 7.20. The molecule has 1 N–H and O–H groups in total. The van der Waals surface area contributed by atoms with Crippen molar-refractivity contribution >= 4 is 11.6 Å². The highest BCUT2D eigenvalue weighted by Crippen LogP contribution is 2.23. The summed E-state index contributed by atoms with van der Waals surface area (Å²) in [6.45, 7) is 6.05. The van der Waals surface area contributed by atoms with Crippen LogP contribution in [-0.4, -0.2) is 58.8 Å². The van der Waals surface area contributed by atoms with Gasteiger partial charge in [-0.3, -0.25) is 19.8 Å². The van der Waals surface area contributed by atoms with Crippen molar-refractivity contribution < 1.29 is 18.9 Å². The molecule has 30 heavy (non-hydrogen) atoms. The molecular weight excluding hydrogens is 390 g/mol. The van der Waals surface area contributed by atoms with E-state index in [9.17, 15) is 14.9 Å². The molecule has 10 heteroatoms. The third-order valence-corrected chi connectivity index (χ3v) is 5.08. The first-order valence-corrected chi connectivity index (χ1v) is 10.2. The summed E-state index contributed by atoms with van der Waals surface area (Å²) in [6.07, 6.45) is 2.41. The highest BCUT2D eigenvalue weighted by molar-refractivity contribution is 5.78. The maximum absolute atomic E-state index is 12.3. The normalized spacial score (nSPS) is 15.2. The second kappa shape index (κ2) is 10.8. The van der Waals surface area contributed by atoms with Gasteiger partial charge in [-0.2, -0.15) is 0 Å². The molecule has 1 fully saturated rings.